The van der Waals surface area contributed by atoms with Crippen LogP contribution in [0.3, 0.4) is 0 Å². The van der Waals surface area contributed by atoms with Crippen molar-refractivity contribution in [1.29, 1.82) is 0 Å². The Bertz CT molecular complexity index is 1040. The maximum atomic E-state index is 13.2. The van der Waals surface area contributed by atoms with Crippen molar-refractivity contribution in [2.45, 2.75) is 10.5 Å². The van der Waals surface area contributed by atoms with Gasteiger partial charge in [-0.15, -0.1) is 0 Å². The van der Waals surface area contributed by atoms with Crippen molar-refractivity contribution >= 4 is 21.6 Å². The molecule has 0 amide bonds. The van der Waals surface area contributed by atoms with Gasteiger partial charge >= 0.3 is 0 Å². The number of nitrogens with zero attached hydrogens (tertiary/aromatic N) is 1. The minimum absolute atomic E-state index is 0.0566. The highest BCUT2D eigenvalue weighted by Gasteiger charge is 2.34. The molecule has 134 valence electrons. The van der Waals surface area contributed by atoms with Crippen molar-refractivity contribution in [2.75, 3.05) is 5.75 Å². The molecule has 1 N–H and O–H groups in total. The molecule has 0 fully saturated rings. The summed E-state index contributed by atoms with van der Waals surface area (Å²) in [6.07, 6.45) is 3.29. The van der Waals surface area contributed by atoms with E-state index in [1.807, 2.05) is 78.9 Å². The van der Waals surface area contributed by atoms with Crippen LogP contribution in [-0.4, -0.2) is 20.1 Å². The van der Waals surface area contributed by atoms with E-state index in [1.165, 1.54) is 0 Å². The number of fused-ring (bicyclic) bond motifs is 1. The SMILES string of the molecule is O=S(CC(O)(c1ccccc1)c1cccnc1)c1ccc2ccccc2c1. The number of hydrogen-bond acceptors (Lipinski definition) is 3. The summed E-state index contributed by atoms with van der Waals surface area (Å²) in [5, 5.41) is 13.7. The Morgan fingerprint density at radius 1 is 0.815 bits per heavy atom. The molecule has 2 unspecified atom stereocenters. The van der Waals surface area contributed by atoms with Crippen molar-refractivity contribution in [3.63, 3.8) is 0 Å². The van der Waals surface area contributed by atoms with E-state index < -0.39 is 16.4 Å². The average Bonchev–Trinajstić information content (AvgIpc) is 2.74. The van der Waals surface area contributed by atoms with Crippen LogP contribution >= 0.6 is 0 Å². The van der Waals surface area contributed by atoms with Crippen LogP contribution in [0, 0.1) is 0 Å². The van der Waals surface area contributed by atoms with Crippen molar-refractivity contribution in [3.05, 3.63) is 108 Å². The van der Waals surface area contributed by atoms with Crippen LogP contribution in [0.5, 0.6) is 0 Å². The van der Waals surface area contributed by atoms with Crippen LogP contribution in [0.25, 0.3) is 10.8 Å². The van der Waals surface area contributed by atoms with Crippen molar-refractivity contribution in [3.8, 4) is 0 Å². The van der Waals surface area contributed by atoms with Gasteiger partial charge in [0.2, 0.25) is 0 Å². The summed E-state index contributed by atoms with van der Waals surface area (Å²) < 4.78 is 13.2. The zero-order valence-electron chi connectivity index (χ0n) is 14.7. The normalized spacial score (nSPS) is 14.6. The maximum Gasteiger partial charge on any atom is 0.128 e. The molecular formula is C23H19NO2S. The second kappa shape index (κ2) is 7.43. The lowest BCUT2D eigenvalue weighted by molar-refractivity contribution is 0.106. The fourth-order valence-electron chi connectivity index (χ4n) is 3.24. The highest BCUT2D eigenvalue weighted by molar-refractivity contribution is 7.85. The quantitative estimate of drug-likeness (QED) is 0.568. The predicted molar refractivity (Wildman–Crippen MR) is 109 cm³/mol. The fourth-order valence-corrected chi connectivity index (χ4v) is 4.59. The van der Waals surface area contributed by atoms with Gasteiger partial charge < -0.3 is 5.11 Å². The second-order valence-electron chi connectivity index (χ2n) is 6.47. The predicted octanol–water partition coefficient (Wildman–Crippen LogP) is 4.28. The van der Waals surface area contributed by atoms with E-state index in [9.17, 15) is 9.32 Å². The van der Waals surface area contributed by atoms with E-state index in [0.29, 0.717) is 16.0 Å². The first-order valence-corrected chi connectivity index (χ1v) is 10.0. The molecule has 27 heavy (non-hydrogen) atoms. The molecule has 0 spiro atoms. The summed E-state index contributed by atoms with van der Waals surface area (Å²) in [5.41, 5.74) is -0.0519. The Morgan fingerprint density at radius 2 is 1.52 bits per heavy atom. The summed E-state index contributed by atoms with van der Waals surface area (Å²) in [5.74, 6) is 0.0566. The largest absolute Gasteiger partial charge is 0.379 e. The van der Waals surface area contributed by atoms with Crippen molar-refractivity contribution in [2.24, 2.45) is 0 Å². The lowest BCUT2D eigenvalue weighted by atomic mass is 9.89. The zero-order valence-corrected chi connectivity index (χ0v) is 15.5. The third kappa shape index (κ3) is 3.54. The molecule has 0 aliphatic heterocycles. The molecular weight excluding hydrogens is 354 g/mol. The van der Waals surface area contributed by atoms with Gasteiger partial charge in [0.25, 0.3) is 0 Å². The molecule has 3 nitrogen and oxygen atoms in total. The molecule has 0 saturated heterocycles. The third-order valence-electron chi connectivity index (χ3n) is 4.71. The molecule has 0 radical (unpaired) electrons. The third-order valence-corrected chi connectivity index (χ3v) is 6.17. The average molecular weight is 373 g/mol. The molecule has 0 aliphatic rings. The molecule has 3 aromatic carbocycles. The number of pyridine rings is 1. The molecule has 4 rings (SSSR count). The summed E-state index contributed by atoms with van der Waals surface area (Å²) in [6, 6.07) is 26.7. The van der Waals surface area contributed by atoms with Gasteiger partial charge in [0.15, 0.2) is 0 Å². The van der Waals surface area contributed by atoms with Gasteiger partial charge in [-0.3, -0.25) is 9.19 Å². The molecule has 0 saturated carbocycles. The Kier molecular flexibility index (Phi) is 4.84. The van der Waals surface area contributed by atoms with Crippen LogP contribution in [0.15, 0.2) is 102 Å². The first-order chi connectivity index (χ1) is 13.2. The molecule has 4 aromatic rings. The lowest BCUT2D eigenvalue weighted by Crippen LogP contribution is -2.34. The number of aliphatic hydroxyl groups is 1. The molecule has 1 aromatic heterocycles. The Hall–Kier alpha value is -2.82. The minimum Gasteiger partial charge on any atom is -0.379 e. The van der Waals surface area contributed by atoms with Gasteiger partial charge in [-0.25, -0.2) is 0 Å². The highest BCUT2D eigenvalue weighted by Crippen LogP contribution is 2.32. The Morgan fingerprint density at radius 3 is 2.26 bits per heavy atom. The summed E-state index contributed by atoms with van der Waals surface area (Å²) in [6.45, 7) is 0. The van der Waals surface area contributed by atoms with Gasteiger partial charge in [-0.1, -0.05) is 66.7 Å². The number of benzene rings is 3. The first-order valence-electron chi connectivity index (χ1n) is 8.72. The summed E-state index contributed by atoms with van der Waals surface area (Å²) in [4.78, 5) is 4.84. The van der Waals surface area contributed by atoms with E-state index in [1.54, 1.807) is 18.5 Å². The van der Waals surface area contributed by atoms with Crippen LogP contribution in [0.2, 0.25) is 0 Å². The molecule has 4 heteroatoms. The van der Waals surface area contributed by atoms with Crippen LogP contribution in [-0.2, 0) is 16.4 Å². The summed E-state index contributed by atoms with van der Waals surface area (Å²) >= 11 is 0. The molecule has 0 bridgehead atoms. The number of hydrogen-bond donors (Lipinski definition) is 1. The topological polar surface area (TPSA) is 50.2 Å². The van der Waals surface area contributed by atoms with Crippen LogP contribution in [0.4, 0.5) is 0 Å². The number of rotatable bonds is 5. The first kappa shape index (κ1) is 17.6. The molecule has 0 aliphatic carbocycles. The monoisotopic (exact) mass is 373 g/mol. The van der Waals surface area contributed by atoms with Gasteiger partial charge in [0.1, 0.15) is 5.60 Å². The molecule has 1 heterocycles. The van der Waals surface area contributed by atoms with Crippen LogP contribution in [0.1, 0.15) is 11.1 Å². The molecule has 2 atom stereocenters. The minimum atomic E-state index is -1.39. The number of aromatic nitrogens is 1. The van der Waals surface area contributed by atoms with Crippen molar-refractivity contribution < 1.29 is 9.32 Å². The van der Waals surface area contributed by atoms with Gasteiger partial charge in [-0.05, 0) is 34.5 Å². The standard InChI is InChI=1S/C23H19NO2S/c25-23(20-9-2-1-3-10-20,21-11-6-14-24-16-21)17-27(26)22-13-12-18-7-4-5-8-19(18)15-22/h1-16,25H,17H2. The van der Waals surface area contributed by atoms with Crippen molar-refractivity contribution in [1.82, 2.24) is 4.98 Å². The van der Waals surface area contributed by atoms with E-state index in [2.05, 4.69) is 4.98 Å². The second-order valence-corrected chi connectivity index (χ2v) is 7.92. The Balaban J connectivity index is 1.74. The zero-order chi connectivity index (χ0) is 18.7. The van der Waals surface area contributed by atoms with Crippen LogP contribution < -0.4 is 0 Å². The van der Waals surface area contributed by atoms with Gasteiger partial charge in [0.05, 0.1) is 16.6 Å². The van der Waals surface area contributed by atoms with E-state index >= 15 is 0 Å². The lowest BCUT2D eigenvalue weighted by Gasteiger charge is -2.28. The smallest absolute Gasteiger partial charge is 0.128 e. The maximum absolute atomic E-state index is 13.2. The summed E-state index contributed by atoms with van der Waals surface area (Å²) in [7, 11) is -1.39. The van der Waals surface area contributed by atoms with E-state index in [-0.39, 0.29) is 5.75 Å². The fraction of sp³-hybridized carbons (Fsp3) is 0.0870. The Labute approximate surface area is 160 Å². The van der Waals surface area contributed by atoms with E-state index in [4.69, 9.17) is 0 Å². The van der Waals surface area contributed by atoms with Gasteiger partial charge in [0, 0.05) is 22.9 Å². The highest BCUT2D eigenvalue weighted by atomic mass is 32.2. The van der Waals surface area contributed by atoms with E-state index in [0.717, 1.165) is 10.8 Å². The van der Waals surface area contributed by atoms with Gasteiger partial charge in [-0.2, -0.15) is 0 Å².